The second-order valence-electron chi connectivity index (χ2n) is 3.53. The van der Waals surface area contributed by atoms with Crippen LogP contribution in [0.2, 0.25) is 0 Å². The first-order valence-corrected chi connectivity index (χ1v) is 4.74. The summed E-state index contributed by atoms with van der Waals surface area (Å²) in [6.45, 7) is 3.37. The van der Waals surface area contributed by atoms with Gasteiger partial charge in [-0.05, 0) is 26.0 Å². The highest BCUT2D eigenvalue weighted by atomic mass is 19.1. The van der Waals surface area contributed by atoms with Crippen molar-refractivity contribution in [2.45, 2.75) is 19.4 Å². The third kappa shape index (κ3) is 2.01. The van der Waals surface area contributed by atoms with Gasteiger partial charge in [0, 0.05) is 11.6 Å². The fraction of sp³-hybridized carbons (Fsp3) is 0.500. The van der Waals surface area contributed by atoms with E-state index in [1.165, 1.54) is 6.20 Å². The molecular formula is C10H13FN2O. The van der Waals surface area contributed by atoms with Gasteiger partial charge in [-0.25, -0.2) is 4.98 Å². The summed E-state index contributed by atoms with van der Waals surface area (Å²) in [6, 6.07) is 2.11. The average Bonchev–Trinajstić information content (AvgIpc) is 2.08. The topological polar surface area (TPSA) is 34.1 Å². The second kappa shape index (κ2) is 3.92. The molecule has 1 aromatic rings. The first kappa shape index (κ1) is 9.40. The Kier molecular flexibility index (Phi) is 2.63. The summed E-state index contributed by atoms with van der Waals surface area (Å²) in [4.78, 5) is 3.59. The van der Waals surface area contributed by atoms with Crippen LogP contribution >= 0.6 is 0 Å². The highest BCUT2D eigenvalue weighted by Gasteiger charge is 2.16. The Labute approximate surface area is 82.3 Å². The number of nitrogens with one attached hydrogen (secondary N) is 1. The molecule has 0 saturated carbocycles. The number of aromatic nitrogens is 1. The van der Waals surface area contributed by atoms with E-state index < -0.39 is 5.95 Å². The van der Waals surface area contributed by atoms with Gasteiger partial charge in [0.15, 0.2) is 0 Å². The number of rotatable bonds is 3. The van der Waals surface area contributed by atoms with Crippen molar-refractivity contribution in [2.75, 3.05) is 13.2 Å². The van der Waals surface area contributed by atoms with Gasteiger partial charge in [0.25, 0.3) is 0 Å². The molecule has 2 heterocycles. The molecule has 14 heavy (non-hydrogen) atoms. The lowest BCUT2D eigenvalue weighted by Crippen LogP contribution is -2.46. The van der Waals surface area contributed by atoms with Crippen LogP contribution in [-0.4, -0.2) is 24.2 Å². The zero-order chi connectivity index (χ0) is 9.97. The van der Waals surface area contributed by atoms with E-state index in [-0.39, 0.29) is 0 Å². The lowest BCUT2D eigenvalue weighted by Gasteiger charge is -2.27. The maximum absolute atomic E-state index is 12.8. The number of hydrogen-bond donors (Lipinski definition) is 1. The van der Waals surface area contributed by atoms with Crippen molar-refractivity contribution in [3.63, 3.8) is 0 Å². The number of halogens is 1. The number of ether oxygens (including phenoxy) is 1. The molecule has 1 atom stereocenters. The third-order valence-corrected chi connectivity index (χ3v) is 2.37. The molecule has 0 bridgehead atoms. The summed E-state index contributed by atoms with van der Waals surface area (Å²) >= 11 is 0. The maximum atomic E-state index is 12.8. The van der Waals surface area contributed by atoms with Crippen molar-refractivity contribution in [1.82, 2.24) is 10.3 Å². The Hall–Kier alpha value is -1.16. The van der Waals surface area contributed by atoms with Gasteiger partial charge in [-0.2, -0.15) is 4.39 Å². The molecular weight excluding hydrogens is 183 g/mol. The Morgan fingerprint density at radius 2 is 2.50 bits per heavy atom. The number of aryl methyl sites for hydroxylation is 1. The summed E-state index contributed by atoms with van der Waals surface area (Å²) < 4.78 is 18.2. The standard InChI is InChI=1S/C10H13FN2O/c1-7-4-9(5-13-10(7)11)14-6-8-2-3-12-8/h4-5,8,12H,2-3,6H2,1H3/t8-/m0/s1. The monoisotopic (exact) mass is 196 g/mol. The molecule has 0 radical (unpaired) electrons. The molecule has 76 valence electrons. The lowest BCUT2D eigenvalue weighted by molar-refractivity contribution is 0.216. The fourth-order valence-electron chi connectivity index (χ4n) is 1.30. The Bertz CT molecular complexity index is 326. The molecule has 0 aliphatic carbocycles. The quantitative estimate of drug-likeness (QED) is 0.739. The van der Waals surface area contributed by atoms with Gasteiger partial charge < -0.3 is 10.1 Å². The Balaban J connectivity index is 1.91. The summed E-state index contributed by atoms with van der Waals surface area (Å²) in [5.41, 5.74) is 0.518. The summed E-state index contributed by atoms with van der Waals surface area (Å²) in [6.07, 6.45) is 2.56. The average molecular weight is 196 g/mol. The number of nitrogens with zero attached hydrogens (tertiary/aromatic N) is 1. The van der Waals surface area contributed by atoms with E-state index in [0.29, 0.717) is 24.0 Å². The molecule has 1 N–H and O–H groups in total. The zero-order valence-corrected chi connectivity index (χ0v) is 8.09. The molecule has 1 aliphatic rings. The van der Waals surface area contributed by atoms with E-state index in [1.54, 1.807) is 13.0 Å². The predicted molar refractivity (Wildman–Crippen MR) is 50.8 cm³/mol. The van der Waals surface area contributed by atoms with Crippen molar-refractivity contribution >= 4 is 0 Å². The molecule has 1 aliphatic heterocycles. The molecule has 1 aromatic heterocycles. The van der Waals surface area contributed by atoms with Crippen LogP contribution in [-0.2, 0) is 0 Å². The van der Waals surface area contributed by atoms with Gasteiger partial charge in [0.1, 0.15) is 12.4 Å². The van der Waals surface area contributed by atoms with E-state index in [2.05, 4.69) is 10.3 Å². The molecule has 1 fully saturated rings. The normalized spacial score (nSPS) is 20.3. The van der Waals surface area contributed by atoms with E-state index in [0.717, 1.165) is 13.0 Å². The second-order valence-corrected chi connectivity index (χ2v) is 3.53. The highest BCUT2D eigenvalue weighted by Crippen LogP contribution is 2.14. The van der Waals surface area contributed by atoms with Gasteiger partial charge in [0.2, 0.25) is 5.95 Å². The molecule has 3 nitrogen and oxygen atoms in total. The Morgan fingerprint density at radius 1 is 1.71 bits per heavy atom. The maximum Gasteiger partial charge on any atom is 0.215 e. The summed E-state index contributed by atoms with van der Waals surface area (Å²) in [5, 5.41) is 3.22. The van der Waals surface area contributed by atoms with E-state index in [9.17, 15) is 4.39 Å². The first-order valence-electron chi connectivity index (χ1n) is 4.74. The van der Waals surface area contributed by atoms with Crippen molar-refractivity contribution < 1.29 is 9.13 Å². The van der Waals surface area contributed by atoms with Crippen LogP contribution < -0.4 is 10.1 Å². The van der Waals surface area contributed by atoms with Gasteiger partial charge in [-0.15, -0.1) is 0 Å². The lowest BCUT2D eigenvalue weighted by atomic mass is 10.1. The van der Waals surface area contributed by atoms with E-state index in [4.69, 9.17) is 4.74 Å². The van der Waals surface area contributed by atoms with E-state index in [1.807, 2.05) is 0 Å². The number of pyridine rings is 1. The minimum Gasteiger partial charge on any atom is -0.490 e. The van der Waals surface area contributed by atoms with Crippen LogP contribution in [0, 0.1) is 12.9 Å². The van der Waals surface area contributed by atoms with Crippen LogP contribution in [0.15, 0.2) is 12.3 Å². The van der Waals surface area contributed by atoms with Crippen molar-refractivity contribution in [3.05, 3.63) is 23.8 Å². The summed E-state index contributed by atoms with van der Waals surface area (Å²) in [5.74, 6) is 0.205. The van der Waals surface area contributed by atoms with Crippen LogP contribution in [0.4, 0.5) is 4.39 Å². The fourth-order valence-corrected chi connectivity index (χ4v) is 1.30. The molecule has 4 heteroatoms. The van der Waals surface area contributed by atoms with Crippen LogP contribution in [0.3, 0.4) is 0 Å². The highest BCUT2D eigenvalue weighted by molar-refractivity contribution is 5.23. The third-order valence-electron chi connectivity index (χ3n) is 2.37. The minimum atomic E-state index is -0.431. The molecule has 2 rings (SSSR count). The number of hydrogen-bond acceptors (Lipinski definition) is 3. The first-order chi connectivity index (χ1) is 6.75. The van der Waals surface area contributed by atoms with Crippen molar-refractivity contribution in [2.24, 2.45) is 0 Å². The molecule has 0 aromatic carbocycles. The molecule has 0 unspecified atom stereocenters. The Morgan fingerprint density at radius 3 is 3.07 bits per heavy atom. The summed E-state index contributed by atoms with van der Waals surface area (Å²) in [7, 11) is 0. The van der Waals surface area contributed by atoms with Crippen molar-refractivity contribution in [3.8, 4) is 5.75 Å². The van der Waals surface area contributed by atoms with Crippen molar-refractivity contribution in [1.29, 1.82) is 0 Å². The van der Waals surface area contributed by atoms with Gasteiger partial charge in [-0.3, -0.25) is 0 Å². The zero-order valence-electron chi connectivity index (χ0n) is 8.09. The van der Waals surface area contributed by atoms with Crippen LogP contribution in [0.1, 0.15) is 12.0 Å². The molecule has 0 amide bonds. The van der Waals surface area contributed by atoms with Gasteiger partial charge in [-0.1, -0.05) is 0 Å². The van der Waals surface area contributed by atoms with Crippen LogP contribution in [0.5, 0.6) is 5.75 Å². The predicted octanol–water partition coefficient (Wildman–Crippen LogP) is 1.27. The van der Waals surface area contributed by atoms with E-state index >= 15 is 0 Å². The minimum absolute atomic E-state index is 0.431. The molecule has 1 saturated heterocycles. The van der Waals surface area contributed by atoms with Crippen LogP contribution in [0.25, 0.3) is 0 Å². The SMILES string of the molecule is Cc1cc(OC[C@@H]2CCN2)cnc1F. The molecule has 0 spiro atoms. The largest absolute Gasteiger partial charge is 0.490 e. The van der Waals surface area contributed by atoms with Gasteiger partial charge >= 0.3 is 0 Å². The smallest absolute Gasteiger partial charge is 0.215 e. The van der Waals surface area contributed by atoms with Gasteiger partial charge in [0.05, 0.1) is 6.20 Å².